The molecule has 0 radical (unpaired) electrons. The summed E-state index contributed by atoms with van der Waals surface area (Å²) in [6.07, 6.45) is 1.76. The Kier molecular flexibility index (Phi) is 6.75. The van der Waals surface area contributed by atoms with Crippen LogP contribution in [0.1, 0.15) is 24.0 Å². The van der Waals surface area contributed by atoms with E-state index in [9.17, 15) is 9.59 Å². The second-order valence-electron chi connectivity index (χ2n) is 7.57. The molecule has 1 saturated heterocycles. The summed E-state index contributed by atoms with van der Waals surface area (Å²) in [5.74, 6) is -0.400. The van der Waals surface area contributed by atoms with Crippen molar-refractivity contribution in [3.05, 3.63) is 53.6 Å². The summed E-state index contributed by atoms with van der Waals surface area (Å²) in [5, 5.41) is 2.96. The quantitative estimate of drug-likeness (QED) is 0.698. The summed E-state index contributed by atoms with van der Waals surface area (Å²) in [5.41, 5.74) is 8.71. The Bertz CT molecular complexity index is 851. The average molecular weight is 399 g/mol. The highest BCUT2D eigenvalue weighted by molar-refractivity contribution is 7.99. The van der Waals surface area contributed by atoms with E-state index in [0.29, 0.717) is 13.1 Å². The first-order valence-corrected chi connectivity index (χ1v) is 10.5. The van der Waals surface area contributed by atoms with Gasteiger partial charge in [0.25, 0.3) is 5.91 Å². The van der Waals surface area contributed by atoms with Crippen LogP contribution in [0.3, 0.4) is 0 Å². The zero-order chi connectivity index (χ0) is 20.1. The first-order chi connectivity index (χ1) is 13.4. The van der Waals surface area contributed by atoms with Gasteiger partial charge in [0.15, 0.2) is 6.54 Å². The molecule has 4 N–H and O–H groups in total. The van der Waals surface area contributed by atoms with Gasteiger partial charge in [-0.3, -0.25) is 9.59 Å². The van der Waals surface area contributed by atoms with Gasteiger partial charge in [0.05, 0.1) is 19.0 Å². The number of benzene rings is 2. The molecule has 1 aliphatic heterocycles. The standard InChI is InChI=1S/C22H27N3O2S/c1-15-5-6-16(2)20(12-15)28-19-9-7-18(8-10-19)24-21(26)14-25-11-3-4-17(13-25)22(23)27/h5-10,12,17H,3-4,11,13-14H2,1-2H3,(H2,23,27)(H,24,26)/p+1/t17-/m0/s1. The highest BCUT2D eigenvalue weighted by Crippen LogP contribution is 2.31. The van der Waals surface area contributed by atoms with Crippen molar-refractivity contribution in [3.8, 4) is 0 Å². The van der Waals surface area contributed by atoms with Crippen LogP contribution in [0.25, 0.3) is 0 Å². The summed E-state index contributed by atoms with van der Waals surface area (Å²) in [4.78, 5) is 27.2. The fourth-order valence-electron chi connectivity index (χ4n) is 3.54. The number of carbonyl (C=O) groups excluding carboxylic acids is 2. The Morgan fingerprint density at radius 1 is 1.18 bits per heavy atom. The molecule has 0 bridgehead atoms. The van der Waals surface area contributed by atoms with Crippen LogP contribution in [0, 0.1) is 19.8 Å². The topological polar surface area (TPSA) is 76.6 Å². The summed E-state index contributed by atoms with van der Waals surface area (Å²) >= 11 is 1.73. The maximum absolute atomic E-state index is 12.4. The smallest absolute Gasteiger partial charge is 0.279 e. The van der Waals surface area contributed by atoms with Crippen LogP contribution in [-0.2, 0) is 9.59 Å². The molecule has 0 aliphatic carbocycles. The van der Waals surface area contributed by atoms with Gasteiger partial charge in [0.2, 0.25) is 5.91 Å². The lowest BCUT2D eigenvalue weighted by atomic mass is 9.97. The Morgan fingerprint density at radius 2 is 1.93 bits per heavy atom. The number of quaternary nitrogens is 1. The van der Waals surface area contributed by atoms with Crippen molar-refractivity contribution in [2.45, 2.75) is 36.5 Å². The van der Waals surface area contributed by atoms with Gasteiger partial charge < -0.3 is 16.0 Å². The number of hydrogen-bond acceptors (Lipinski definition) is 3. The Morgan fingerprint density at radius 3 is 2.64 bits per heavy atom. The van der Waals surface area contributed by atoms with Crippen molar-refractivity contribution in [2.75, 3.05) is 25.0 Å². The summed E-state index contributed by atoms with van der Waals surface area (Å²) in [7, 11) is 0. The lowest BCUT2D eigenvalue weighted by molar-refractivity contribution is -0.899. The molecular formula is C22H28N3O2S+. The normalized spacial score (nSPS) is 19.2. The van der Waals surface area contributed by atoms with Crippen LogP contribution in [0.2, 0.25) is 0 Å². The number of aryl methyl sites for hydroxylation is 2. The van der Waals surface area contributed by atoms with Crippen molar-refractivity contribution < 1.29 is 14.5 Å². The van der Waals surface area contributed by atoms with Gasteiger partial charge in [-0.25, -0.2) is 0 Å². The highest BCUT2D eigenvalue weighted by atomic mass is 32.2. The van der Waals surface area contributed by atoms with Gasteiger partial charge in [-0.05, 0) is 68.1 Å². The third-order valence-electron chi connectivity index (χ3n) is 5.14. The lowest BCUT2D eigenvalue weighted by Crippen LogP contribution is -3.14. The largest absolute Gasteiger partial charge is 0.369 e. The number of hydrogen-bond donors (Lipinski definition) is 3. The van der Waals surface area contributed by atoms with Crippen molar-refractivity contribution in [3.63, 3.8) is 0 Å². The molecule has 28 heavy (non-hydrogen) atoms. The van der Waals surface area contributed by atoms with Gasteiger partial charge >= 0.3 is 0 Å². The fraction of sp³-hybridized carbons (Fsp3) is 0.364. The van der Waals surface area contributed by atoms with Crippen LogP contribution in [0.15, 0.2) is 52.3 Å². The van der Waals surface area contributed by atoms with Crippen molar-refractivity contribution in [2.24, 2.45) is 11.7 Å². The molecule has 0 spiro atoms. The molecule has 6 heteroatoms. The molecule has 2 amide bonds. The Labute approximate surface area is 170 Å². The maximum Gasteiger partial charge on any atom is 0.279 e. The first kappa shape index (κ1) is 20.4. The summed E-state index contributed by atoms with van der Waals surface area (Å²) < 4.78 is 0. The van der Waals surface area contributed by atoms with E-state index in [2.05, 4.69) is 37.4 Å². The average Bonchev–Trinajstić information content (AvgIpc) is 2.66. The minimum Gasteiger partial charge on any atom is -0.369 e. The van der Waals surface area contributed by atoms with E-state index in [1.54, 1.807) is 11.8 Å². The fourth-order valence-corrected chi connectivity index (χ4v) is 4.54. The number of nitrogens with one attached hydrogen (secondary N) is 2. The third kappa shape index (κ3) is 5.59. The van der Waals surface area contributed by atoms with E-state index in [1.807, 2.05) is 24.3 Å². The molecule has 1 heterocycles. The van der Waals surface area contributed by atoms with E-state index in [0.717, 1.165) is 34.9 Å². The number of amides is 2. The molecular weight excluding hydrogens is 370 g/mol. The number of anilines is 1. The number of likely N-dealkylation sites (tertiary alicyclic amines) is 1. The second-order valence-corrected chi connectivity index (χ2v) is 8.68. The summed E-state index contributed by atoms with van der Waals surface area (Å²) in [6, 6.07) is 14.4. The lowest BCUT2D eigenvalue weighted by Gasteiger charge is -2.27. The second kappa shape index (κ2) is 9.26. The monoisotopic (exact) mass is 398 g/mol. The predicted molar refractivity (Wildman–Crippen MR) is 113 cm³/mol. The van der Waals surface area contributed by atoms with Crippen molar-refractivity contribution >= 4 is 29.3 Å². The maximum atomic E-state index is 12.4. The van der Waals surface area contributed by atoms with Crippen LogP contribution >= 0.6 is 11.8 Å². The van der Waals surface area contributed by atoms with Gasteiger partial charge in [-0.1, -0.05) is 23.9 Å². The Balaban J connectivity index is 1.54. The zero-order valence-electron chi connectivity index (χ0n) is 16.5. The molecule has 3 rings (SSSR count). The molecule has 2 aromatic rings. The third-order valence-corrected chi connectivity index (χ3v) is 6.31. The SMILES string of the molecule is Cc1ccc(C)c(Sc2ccc(NC(=O)C[NH+]3CCC[C@H](C(N)=O)C3)cc2)c1. The molecule has 1 fully saturated rings. The highest BCUT2D eigenvalue weighted by Gasteiger charge is 2.28. The van der Waals surface area contributed by atoms with E-state index < -0.39 is 0 Å². The molecule has 148 valence electrons. The van der Waals surface area contributed by atoms with E-state index in [4.69, 9.17) is 5.73 Å². The van der Waals surface area contributed by atoms with Gasteiger partial charge in [0, 0.05) is 15.5 Å². The molecule has 5 nitrogen and oxygen atoms in total. The Hall–Kier alpha value is -2.31. The van der Waals surface area contributed by atoms with Crippen molar-refractivity contribution in [1.82, 2.24) is 0 Å². The van der Waals surface area contributed by atoms with Crippen LogP contribution in [-0.4, -0.2) is 31.4 Å². The number of nitrogens with two attached hydrogens (primary N) is 1. The van der Waals surface area contributed by atoms with Gasteiger partial charge in [0.1, 0.15) is 0 Å². The molecule has 1 unspecified atom stereocenters. The number of piperidine rings is 1. The van der Waals surface area contributed by atoms with E-state index in [-0.39, 0.29) is 17.7 Å². The minimum absolute atomic E-state index is 0.0324. The molecule has 0 aromatic heterocycles. The number of primary amides is 1. The molecule has 1 aliphatic rings. The molecule has 2 aromatic carbocycles. The predicted octanol–water partition coefficient (Wildman–Crippen LogP) is 2.17. The van der Waals surface area contributed by atoms with E-state index >= 15 is 0 Å². The van der Waals surface area contributed by atoms with Crippen LogP contribution in [0.4, 0.5) is 5.69 Å². The van der Waals surface area contributed by atoms with Crippen LogP contribution in [0.5, 0.6) is 0 Å². The van der Waals surface area contributed by atoms with Gasteiger partial charge in [-0.15, -0.1) is 0 Å². The zero-order valence-corrected chi connectivity index (χ0v) is 17.3. The number of rotatable bonds is 6. The van der Waals surface area contributed by atoms with E-state index in [1.165, 1.54) is 16.0 Å². The van der Waals surface area contributed by atoms with Gasteiger partial charge in [-0.2, -0.15) is 0 Å². The minimum atomic E-state index is -0.255. The summed E-state index contributed by atoms with van der Waals surface area (Å²) in [6.45, 7) is 6.12. The first-order valence-electron chi connectivity index (χ1n) is 9.68. The van der Waals surface area contributed by atoms with Crippen LogP contribution < -0.4 is 16.0 Å². The molecule has 2 atom stereocenters. The number of carbonyl (C=O) groups is 2. The molecule has 0 saturated carbocycles. The van der Waals surface area contributed by atoms with Crippen molar-refractivity contribution in [1.29, 1.82) is 0 Å².